The molecule has 178 valence electrons. The summed E-state index contributed by atoms with van der Waals surface area (Å²) in [5.41, 5.74) is 8.43. The molecule has 0 unspecified atom stereocenters. The van der Waals surface area contributed by atoms with Crippen molar-refractivity contribution in [1.82, 2.24) is 9.97 Å². The maximum absolute atomic E-state index is 12.8. The van der Waals surface area contributed by atoms with E-state index in [2.05, 4.69) is 25.5 Å². The summed E-state index contributed by atoms with van der Waals surface area (Å²) < 4.78 is 0. The molecule has 1 fully saturated rings. The molecule has 3 heterocycles. The van der Waals surface area contributed by atoms with Crippen LogP contribution in [0.2, 0.25) is 0 Å². The molecule has 5 N–H and O–H groups in total. The van der Waals surface area contributed by atoms with Crippen LogP contribution in [0.5, 0.6) is 0 Å². The summed E-state index contributed by atoms with van der Waals surface area (Å²) in [5.74, 6) is 0.350. The number of hydrogen-bond donors (Lipinski definition) is 4. The molecular weight excluding hydrogens is 428 g/mol. The van der Waals surface area contributed by atoms with E-state index in [9.17, 15) is 9.59 Å². The average molecular weight is 461 g/mol. The molecule has 1 amide bonds. The van der Waals surface area contributed by atoms with Crippen molar-refractivity contribution in [1.29, 1.82) is 0 Å². The smallest absolute Gasteiger partial charge is 0.271 e. The zero-order valence-electron chi connectivity index (χ0n) is 19.7. The van der Waals surface area contributed by atoms with Gasteiger partial charge in [0.15, 0.2) is 0 Å². The van der Waals surface area contributed by atoms with Gasteiger partial charge < -0.3 is 26.3 Å². The number of carbonyl (C=O) groups is 1. The van der Waals surface area contributed by atoms with Crippen LogP contribution in [0.3, 0.4) is 0 Å². The Bertz CT molecular complexity index is 1190. The molecule has 0 bridgehead atoms. The SMILES string of the molecule is CC(C)(N)CNc1cccc(-c2c[nH]c(=O)c(NC(=O)c3ccc(N4CCCCC4)cc3)c2)n1. The van der Waals surface area contributed by atoms with Gasteiger partial charge >= 0.3 is 0 Å². The third-order valence-electron chi connectivity index (χ3n) is 5.77. The number of pyridine rings is 2. The molecule has 0 spiro atoms. The number of H-pyrrole nitrogens is 1. The van der Waals surface area contributed by atoms with E-state index in [0.29, 0.717) is 29.2 Å². The van der Waals surface area contributed by atoms with Gasteiger partial charge in [-0.05, 0) is 75.6 Å². The first-order chi connectivity index (χ1) is 16.3. The van der Waals surface area contributed by atoms with E-state index in [1.807, 2.05) is 44.2 Å². The van der Waals surface area contributed by atoms with E-state index in [-0.39, 0.29) is 22.7 Å². The number of amides is 1. The Balaban J connectivity index is 1.48. The second kappa shape index (κ2) is 10.1. The van der Waals surface area contributed by atoms with Crippen LogP contribution in [0.1, 0.15) is 43.5 Å². The number of nitrogens with two attached hydrogens (primary N) is 1. The molecule has 1 aliphatic heterocycles. The van der Waals surface area contributed by atoms with E-state index in [1.54, 1.807) is 24.4 Å². The van der Waals surface area contributed by atoms with E-state index in [4.69, 9.17) is 5.73 Å². The molecule has 0 aliphatic carbocycles. The lowest BCUT2D eigenvalue weighted by Gasteiger charge is -2.28. The Morgan fingerprint density at radius 2 is 1.85 bits per heavy atom. The fraction of sp³-hybridized carbons (Fsp3) is 0.346. The molecule has 8 heteroatoms. The van der Waals surface area contributed by atoms with Crippen molar-refractivity contribution in [2.75, 3.05) is 35.2 Å². The molecule has 34 heavy (non-hydrogen) atoms. The Morgan fingerprint density at radius 1 is 1.12 bits per heavy atom. The van der Waals surface area contributed by atoms with Crippen molar-refractivity contribution < 1.29 is 4.79 Å². The standard InChI is InChI=1S/C26H32N6O2/c1-26(2,27)17-29-23-8-6-7-21(30-23)19-15-22(25(34)28-16-19)31-24(33)18-9-11-20(12-10-18)32-13-4-3-5-14-32/h6-12,15-16H,3-5,13-14,17,27H2,1-2H3,(H,28,34)(H,29,30)(H,31,33). The van der Waals surface area contributed by atoms with Gasteiger partial charge in [0.1, 0.15) is 11.5 Å². The molecule has 4 rings (SSSR count). The van der Waals surface area contributed by atoms with E-state index in [0.717, 1.165) is 18.8 Å². The first-order valence-electron chi connectivity index (χ1n) is 11.7. The normalized spacial score (nSPS) is 14.0. The highest BCUT2D eigenvalue weighted by atomic mass is 16.2. The topological polar surface area (TPSA) is 116 Å². The van der Waals surface area contributed by atoms with Gasteiger partial charge in [0.05, 0.1) is 5.69 Å². The summed E-state index contributed by atoms with van der Waals surface area (Å²) in [6, 6.07) is 14.7. The quantitative estimate of drug-likeness (QED) is 0.426. The van der Waals surface area contributed by atoms with Crippen LogP contribution in [0.25, 0.3) is 11.3 Å². The maximum atomic E-state index is 12.8. The number of piperidine rings is 1. The van der Waals surface area contributed by atoms with E-state index in [1.165, 1.54) is 19.3 Å². The second-order valence-electron chi connectivity index (χ2n) is 9.43. The van der Waals surface area contributed by atoms with Crippen LogP contribution in [0.4, 0.5) is 17.2 Å². The number of nitrogens with zero attached hydrogens (tertiary/aromatic N) is 2. The van der Waals surface area contributed by atoms with Crippen molar-refractivity contribution in [2.24, 2.45) is 5.73 Å². The summed E-state index contributed by atoms with van der Waals surface area (Å²) in [6.45, 7) is 6.52. The maximum Gasteiger partial charge on any atom is 0.271 e. The highest BCUT2D eigenvalue weighted by Crippen LogP contribution is 2.22. The van der Waals surface area contributed by atoms with Gasteiger partial charge in [-0.3, -0.25) is 9.59 Å². The molecule has 0 radical (unpaired) electrons. The van der Waals surface area contributed by atoms with Gasteiger partial charge in [-0.2, -0.15) is 0 Å². The van der Waals surface area contributed by atoms with Crippen LogP contribution in [-0.4, -0.2) is 41.0 Å². The molecule has 1 aliphatic rings. The van der Waals surface area contributed by atoms with Crippen LogP contribution in [0, 0.1) is 0 Å². The van der Waals surface area contributed by atoms with Crippen molar-refractivity contribution >= 4 is 23.1 Å². The number of carbonyl (C=O) groups excluding carboxylic acids is 1. The lowest BCUT2D eigenvalue weighted by atomic mass is 10.1. The monoisotopic (exact) mass is 460 g/mol. The third kappa shape index (κ3) is 6.02. The number of aromatic nitrogens is 2. The van der Waals surface area contributed by atoms with Crippen molar-refractivity contribution in [3.05, 3.63) is 70.6 Å². The highest BCUT2D eigenvalue weighted by Gasteiger charge is 2.14. The summed E-state index contributed by atoms with van der Waals surface area (Å²) in [6.07, 6.45) is 5.25. The van der Waals surface area contributed by atoms with Gasteiger partial charge in [-0.15, -0.1) is 0 Å². The molecular formula is C26H32N6O2. The van der Waals surface area contributed by atoms with Crippen LogP contribution in [0.15, 0.2) is 59.5 Å². The fourth-order valence-electron chi connectivity index (χ4n) is 3.91. The Hall–Kier alpha value is -3.65. The largest absolute Gasteiger partial charge is 0.372 e. The lowest BCUT2D eigenvalue weighted by molar-refractivity contribution is 0.102. The molecule has 0 saturated carbocycles. The summed E-state index contributed by atoms with van der Waals surface area (Å²) in [7, 11) is 0. The predicted molar refractivity (Wildman–Crippen MR) is 138 cm³/mol. The first-order valence-corrected chi connectivity index (χ1v) is 11.7. The van der Waals surface area contributed by atoms with E-state index >= 15 is 0 Å². The Kier molecular flexibility index (Phi) is 6.98. The van der Waals surface area contributed by atoms with Crippen LogP contribution < -0.4 is 26.8 Å². The van der Waals surface area contributed by atoms with Gasteiger partial charge in [0.2, 0.25) is 0 Å². The lowest BCUT2D eigenvalue weighted by Crippen LogP contribution is -2.39. The number of rotatable bonds is 7. The molecule has 0 atom stereocenters. The van der Waals surface area contributed by atoms with Gasteiger partial charge in [-0.25, -0.2) is 4.98 Å². The minimum Gasteiger partial charge on any atom is -0.372 e. The number of anilines is 3. The van der Waals surface area contributed by atoms with Gasteiger partial charge in [0.25, 0.3) is 11.5 Å². The second-order valence-corrected chi connectivity index (χ2v) is 9.43. The van der Waals surface area contributed by atoms with Crippen molar-refractivity contribution in [3.8, 4) is 11.3 Å². The van der Waals surface area contributed by atoms with Crippen LogP contribution >= 0.6 is 0 Å². The Morgan fingerprint density at radius 3 is 2.56 bits per heavy atom. The van der Waals surface area contributed by atoms with E-state index < -0.39 is 0 Å². The minimum absolute atomic E-state index is 0.172. The number of aromatic amines is 1. The summed E-state index contributed by atoms with van der Waals surface area (Å²) in [4.78, 5) is 34.8. The molecule has 1 aromatic carbocycles. The van der Waals surface area contributed by atoms with Gasteiger partial charge in [0, 0.05) is 48.2 Å². The number of hydrogen-bond acceptors (Lipinski definition) is 6. The first kappa shape index (κ1) is 23.5. The molecule has 3 aromatic rings. The minimum atomic E-state index is -0.376. The van der Waals surface area contributed by atoms with Crippen LogP contribution in [-0.2, 0) is 0 Å². The predicted octanol–water partition coefficient (Wildman–Crippen LogP) is 3.83. The average Bonchev–Trinajstić information content (AvgIpc) is 2.84. The molecule has 8 nitrogen and oxygen atoms in total. The molecule has 1 saturated heterocycles. The zero-order valence-corrected chi connectivity index (χ0v) is 19.7. The summed E-state index contributed by atoms with van der Waals surface area (Å²) in [5, 5.41) is 5.96. The zero-order chi connectivity index (χ0) is 24.1. The number of benzene rings is 1. The van der Waals surface area contributed by atoms with Crippen molar-refractivity contribution in [2.45, 2.75) is 38.6 Å². The van der Waals surface area contributed by atoms with Gasteiger partial charge in [-0.1, -0.05) is 6.07 Å². The summed E-state index contributed by atoms with van der Waals surface area (Å²) >= 11 is 0. The third-order valence-corrected chi connectivity index (χ3v) is 5.77. The Labute approximate surface area is 199 Å². The van der Waals surface area contributed by atoms with Crippen molar-refractivity contribution in [3.63, 3.8) is 0 Å². The highest BCUT2D eigenvalue weighted by molar-refractivity contribution is 6.04. The number of nitrogens with one attached hydrogen (secondary N) is 3. The fourth-order valence-corrected chi connectivity index (χ4v) is 3.91. The molecule has 2 aromatic heterocycles.